The maximum atomic E-state index is 12.0. The summed E-state index contributed by atoms with van der Waals surface area (Å²) in [7, 11) is 0. The van der Waals surface area contributed by atoms with Gasteiger partial charge in [-0.05, 0) is 24.8 Å². The van der Waals surface area contributed by atoms with Gasteiger partial charge in [-0.2, -0.15) is 0 Å². The van der Waals surface area contributed by atoms with Gasteiger partial charge in [0.15, 0.2) is 5.78 Å². The molecule has 0 spiro atoms. The van der Waals surface area contributed by atoms with Crippen molar-refractivity contribution in [3.8, 4) is 0 Å². The van der Waals surface area contributed by atoms with Crippen LogP contribution in [0.25, 0.3) is 0 Å². The third kappa shape index (κ3) is 1.85. The topological polar surface area (TPSA) is 17.1 Å². The molecule has 0 unspecified atom stereocenters. The summed E-state index contributed by atoms with van der Waals surface area (Å²) < 4.78 is 0. The van der Waals surface area contributed by atoms with Crippen LogP contribution in [0.5, 0.6) is 0 Å². The van der Waals surface area contributed by atoms with E-state index in [0.29, 0.717) is 0 Å². The Kier molecular flexibility index (Phi) is 3.36. The lowest BCUT2D eigenvalue weighted by Crippen LogP contribution is -2.37. The van der Waals surface area contributed by atoms with Gasteiger partial charge in [-0.1, -0.05) is 48.0 Å². The van der Waals surface area contributed by atoms with Crippen LogP contribution < -0.4 is 0 Å². The van der Waals surface area contributed by atoms with Crippen LogP contribution in [0.2, 0.25) is 0 Å². The normalized spacial score (nSPS) is 25.9. The summed E-state index contributed by atoms with van der Waals surface area (Å²) in [6, 6.07) is 0. The van der Waals surface area contributed by atoms with Crippen LogP contribution in [0.3, 0.4) is 0 Å². The molecule has 0 saturated carbocycles. The van der Waals surface area contributed by atoms with Crippen molar-refractivity contribution in [2.45, 2.75) is 27.2 Å². The van der Waals surface area contributed by atoms with Crippen LogP contribution in [-0.4, -0.2) is 11.1 Å². The molecule has 1 aliphatic carbocycles. The highest BCUT2D eigenvalue weighted by molar-refractivity contribution is 9.09. The predicted octanol–water partition coefficient (Wildman–Crippen LogP) is 3.50. The third-order valence-corrected chi connectivity index (χ3v) is 3.86. The smallest absolute Gasteiger partial charge is 0.164 e. The number of hydrogen-bond acceptors (Lipinski definition) is 1. The monoisotopic (exact) mass is 256 g/mol. The minimum Gasteiger partial charge on any atom is -0.294 e. The number of alkyl halides is 1. The van der Waals surface area contributed by atoms with E-state index in [-0.39, 0.29) is 17.1 Å². The average Bonchev–Trinajstić information content (AvgIpc) is 2.13. The molecule has 0 heterocycles. The fourth-order valence-electron chi connectivity index (χ4n) is 2.12. The van der Waals surface area contributed by atoms with Crippen LogP contribution in [0.1, 0.15) is 27.2 Å². The van der Waals surface area contributed by atoms with Gasteiger partial charge in [0.25, 0.3) is 0 Å². The van der Waals surface area contributed by atoms with Gasteiger partial charge in [-0.15, -0.1) is 0 Å². The van der Waals surface area contributed by atoms with Gasteiger partial charge in [0.2, 0.25) is 0 Å². The molecule has 1 nitrogen and oxygen atoms in total. The fraction of sp³-hybridized carbons (Fsp3) is 0.583. The number of halogens is 1. The zero-order valence-corrected chi connectivity index (χ0v) is 10.6. The van der Waals surface area contributed by atoms with Crippen molar-refractivity contribution in [2.75, 3.05) is 5.33 Å². The summed E-state index contributed by atoms with van der Waals surface area (Å²) in [6.07, 6.45) is 2.97. The zero-order chi connectivity index (χ0) is 10.9. The lowest BCUT2D eigenvalue weighted by molar-refractivity contribution is -0.125. The number of hydrogen-bond donors (Lipinski definition) is 0. The molecule has 1 rings (SSSR count). The standard InChI is InChI=1S/C12H17BrO/c1-8-5-6-10(9(2)7-13)12(3,4)11(8)14/h5,10H,2,6-7H2,1,3-4H3/t10-/m0/s1. The Hall–Kier alpha value is -0.370. The number of ketones is 1. The second kappa shape index (κ2) is 4.01. The first-order valence-electron chi connectivity index (χ1n) is 4.86. The molecule has 0 radical (unpaired) electrons. The summed E-state index contributed by atoms with van der Waals surface area (Å²) in [5.74, 6) is 0.536. The van der Waals surface area contributed by atoms with E-state index in [0.717, 1.165) is 22.9 Å². The van der Waals surface area contributed by atoms with Crippen LogP contribution in [0.15, 0.2) is 23.8 Å². The summed E-state index contributed by atoms with van der Waals surface area (Å²) in [6.45, 7) is 9.96. The lowest BCUT2D eigenvalue weighted by atomic mass is 9.66. The molecule has 0 amide bonds. The number of Topliss-reactive ketones (excluding diaryl/α,β-unsaturated/α-hetero) is 1. The molecule has 0 aromatic rings. The van der Waals surface area contributed by atoms with Crippen molar-refractivity contribution >= 4 is 21.7 Å². The van der Waals surface area contributed by atoms with Crippen molar-refractivity contribution < 1.29 is 4.79 Å². The molecule has 1 aliphatic rings. The Morgan fingerprint density at radius 3 is 2.79 bits per heavy atom. The van der Waals surface area contributed by atoms with Crippen molar-refractivity contribution in [1.29, 1.82) is 0 Å². The Bertz CT molecular complexity index is 299. The highest BCUT2D eigenvalue weighted by atomic mass is 79.9. The van der Waals surface area contributed by atoms with Gasteiger partial charge < -0.3 is 0 Å². The summed E-state index contributed by atoms with van der Waals surface area (Å²) in [5.41, 5.74) is 1.73. The quantitative estimate of drug-likeness (QED) is 0.546. The Balaban J connectivity index is 3.02. The first kappa shape index (κ1) is 11.7. The van der Waals surface area contributed by atoms with E-state index in [1.165, 1.54) is 0 Å². The Morgan fingerprint density at radius 1 is 1.71 bits per heavy atom. The molecule has 2 heteroatoms. The molecule has 14 heavy (non-hydrogen) atoms. The van der Waals surface area contributed by atoms with E-state index in [1.54, 1.807) is 0 Å². The third-order valence-electron chi connectivity index (χ3n) is 3.14. The fourth-order valence-corrected chi connectivity index (χ4v) is 2.51. The molecule has 1 atom stereocenters. The first-order valence-corrected chi connectivity index (χ1v) is 5.98. The van der Waals surface area contributed by atoms with E-state index in [9.17, 15) is 4.79 Å². The maximum Gasteiger partial charge on any atom is 0.164 e. The van der Waals surface area contributed by atoms with Crippen LogP contribution >= 0.6 is 15.9 Å². The van der Waals surface area contributed by atoms with Crippen LogP contribution in [-0.2, 0) is 4.79 Å². The molecular formula is C12H17BrO. The van der Waals surface area contributed by atoms with Crippen molar-refractivity contribution in [2.24, 2.45) is 11.3 Å². The van der Waals surface area contributed by atoms with Gasteiger partial charge in [-0.3, -0.25) is 4.79 Å². The van der Waals surface area contributed by atoms with Gasteiger partial charge in [0.1, 0.15) is 0 Å². The summed E-state index contributed by atoms with van der Waals surface area (Å²) >= 11 is 3.41. The molecule has 0 N–H and O–H groups in total. The van der Waals surface area contributed by atoms with Gasteiger partial charge in [0.05, 0.1) is 0 Å². The highest BCUT2D eigenvalue weighted by Crippen LogP contribution is 2.41. The molecule has 0 aliphatic heterocycles. The number of allylic oxidation sites excluding steroid dienone is 3. The molecule has 0 bridgehead atoms. The van der Waals surface area contributed by atoms with Crippen LogP contribution in [0.4, 0.5) is 0 Å². The molecule has 78 valence electrons. The maximum absolute atomic E-state index is 12.0. The van der Waals surface area contributed by atoms with Gasteiger partial charge in [0, 0.05) is 10.7 Å². The Labute approximate surface area is 94.4 Å². The number of carbonyl (C=O) groups is 1. The predicted molar refractivity (Wildman–Crippen MR) is 63.6 cm³/mol. The van der Waals surface area contributed by atoms with E-state index < -0.39 is 0 Å². The minimum absolute atomic E-state index is 0.260. The van der Waals surface area contributed by atoms with Crippen LogP contribution in [0, 0.1) is 11.3 Å². The highest BCUT2D eigenvalue weighted by Gasteiger charge is 2.40. The van der Waals surface area contributed by atoms with E-state index >= 15 is 0 Å². The second-order valence-corrected chi connectivity index (χ2v) is 5.08. The first-order chi connectivity index (χ1) is 6.41. The van der Waals surface area contributed by atoms with E-state index in [1.807, 2.05) is 26.8 Å². The molecule has 0 aromatic heterocycles. The molecular weight excluding hydrogens is 240 g/mol. The van der Waals surface area contributed by atoms with Crippen molar-refractivity contribution in [3.63, 3.8) is 0 Å². The van der Waals surface area contributed by atoms with Crippen molar-refractivity contribution in [3.05, 3.63) is 23.8 Å². The van der Waals surface area contributed by atoms with E-state index in [4.69, 9.17) is 0 Å². The van der Waals surface area contributed by atoms with Crippen molar-refractivity contribution in [1.82, 2.24) is 0 Å². The molecule has 0 aromatic carbocycles. The lowest BCUT2D eigenvalue weighted by Gasteiger charge is -2.37. The minimum atomic E-state index is -0.288. The zero-order valence-electron chi connectivity index (χ0n) is 9.06. The SMILES string of the molecule is C=C(CBr)[C@@H]1CC=C(C)C(=O)C1(C)C. The van der Waals surface area contributed by atoms with Gasteiger partial charge >= 0.3 is 0 Å². The largest absolute Gasteiger partial charge is 0.294 e. The molecule has 0 saturated heterocycles. The molecule has 0 fully saturated rings. The number of carbonyl (C=O) groups excluding carboxylic acids is 1. The Morgan fingerprint density at radius 2 is 2.29 bits per heavy atom. The van der Waals surface area contributed by atoms with E-state index in [2.05, 4.69) is 22.5 Å². The summed E-state index contributed by atoms with van der Waals surface area (Å²) in [4.78, 5) is 12.0. The van der Waals surface area contributed by atoms with Gasteiger partial charge in [-0.25, -0.2) is 0 Å². The second-order valence-electron chi connectivity index (χ2n) is 4.52. The summed E-state index contributed by atoms with van der Waals surface area (Å²) in [5, 5.41) is 0.779. The average molecular weight is 257 g/mol. The number of rotatable bonds is 2.